The smallest absolute Gasteiger partial charge is 0.123 e. The average Bonchev–Trinajstić information content (AvgIpc) is 2.39. The molecule has 0 amide bonds. The lowest BCUT2D eigenvalue weighted by molar-refractivity contribution is 0.141. The summed E-state index contributed by atoms with van der Waals surface area (Å²) in [7, 11) is 0. The van der Waals surface area contributed by atoms with Crippen LogP contribution in [-0.4, -0.2) is 25.8 Å². The summed E-state index contributed by atoms with van der Waals surface area (Å²) in [6.07, 6.45) is 2.10. The Morgan fingerprint density at radius 1 is 1.21 bits per heavy atom. The van der Waals surface area contributed by atoms with Gasteiger partial charge in [-0.3, -0.25) is 0 Å². The highest BCUT2D eigenvalue weighted by molar-refractivity contribution is 5.20. The summed E-state index contributed by atoms with van der Waals surface area (Å²) in [4.78, 5) is 0. The monoisotopic (exact) mass is 267 g/mol. The van der Waals surface area contributed by atoms with Crippen LogP contribution >= 0.6 is 0 Å². The Labute approximate surface area is 116 Å². The first kappa shape index (κ1) is 16.1. The standard InChI is InChI=1S/C16H26FNO/c1-4-19-11-5-6-15(12-18-13(2)3)14-7-9-16(17)10-8-14/h7-10,13,15,18H,4-6,11-12H2,1-3H3. The molecule has 0 fully saturated rings. The summed E-state index contributed by atoms with van der Waals surface area (Å²) >= 11 is 0. The Bertz CT molecular complexity index is 337. The van der Waals surface area contributed by atoms with Gasteiger partial charge in [0.25, 0.3) is 0 Å². The molecule has 0 aliphatic heterocycles. The van der Waals surface area contributed by atoms with Crippen molar-refractivity contribution in [1.82, 2.24) is 5.32 Å². The van der Waals surface area contributed by atoms with Gasteiger partial charge in [0.05, 0.1) is 0 Å². The van der Waals surface area contributed by atoms with E-state index < -0.39 is 0 Å². The van der Waals surface area contributed by atoms with Crippen molar-refractivity contribution in [2.24, 2.45) is 0 Å². The van der Waals surface area contributed by atoms with Gasteiger partial charge in [-0.05, 0) is 43.4 Å². The van der Waals surface area contributed by atoms with Crippen LogP contribution in [0.5, 0.6) is 0 Å². The van der Waals surface area contributed by atoms with Crippen molar-refractivity contribution < 1.29 is 9.13 Å². The molecule has 1 aromatic rings. The van der Waals surface area contributed by atoms with Gasteiger partial charge in [0.2, 0.25) is 0 Å². The van der Waals surface area contributed by atoms with Crippen LogP contribution in [0, 0.1) is 5.82 Å². The predicted octanol–water partition coefficient (Wildman–Crippen LogP) is 3.72. The van der Waals surface area contributed by atoms with E-state index in [4.69, 9.17) is 4.74 Å². The molecule has 0 saturated heterocycles. The Morgan fingerprint density at radius 3 is 2.47 bits per heavy atom. The second kappa shape index (κ2) is 9.05. The maximum atomic E-state index is 13.0. The minimum absolute atomic E-state index is 0.173. The summed E-state index contributed by atoms with van der Waals surface area (Å²) < 4.78 is 18.4. The second-order valence-electron chi connectivity index (χ2n) is 5.15. The third-order valence-electron chi connectivity index (χ3n) is 3.16. The Balaban J connectivity index is 2.54. The summed E-state index contributed by atoms with van der Waals surface area (Å²) in [6.45, 7) is 8.79. The van der Waals surface area contributed by atoms with E-state index in [0.29, 0.717) is 12.0 Å². The highest BCUT2D eigenvalue weighted by Gasteiger charge is 2.12. The lowest BCUT2D eigenvalue weighted by atomic mass is 9.94. The van der Waals surface area contributed by atoms with Crippen LogP contribution in [0.25, 0.3) is 0 Å². The molecule has 0 aliphatic rings. The molecule has 3 heteroatoms. The Kier molecular flexibility index (Phi) is 7.68. The topological polar surface area (TPSA) is 21.3 Å². The summed E-state index contributed by atoms with van der Waals surface area (Å²) in [6, 6.07) is 7.33. The van der Waals surface area contributed by atoms with E-state index in [-0.39, 0.29) is 5.82 Å². The zero-order valence-corrected chi connectivity index (χ0v) is 12.3. The molecule has 0 heterocycles. The lowest BCUT2D eigenvalue weighted by Crippen LogP contribution is -2.28. The number of benzene rings is 1. The average molecular weight is 267 g/mol. The number of ether oxygens (including phenoxy) is 1. The van der Waals surface area contributed by atoms with E-state index in [2.05, 4.69) is 19.2 Å². The fourth-order valence-electron chi connectivity index (χ4n) is 2.08. The summed E-state index contributed by atoms with van der Waals surface area (Å²) in [5, 5.41) is 3.47. The normalized spacial score (nSPS) is 12.9. The van der Waals surface area contributed by atoms with Gasteiger partial charge in [0.15, 0.2) is 0 Å². The van der Waals surface area contributed by atoms with Gasteiger partial charge in [-0.15, -0.1) is 0 Å². The van der Waals surface area contributed by atoms with Crippen molar-refractivity contribution in [3.63, 3.8) is 0 Å². The number of hydrogen-bond acceptors (Lipinski definition) is 2. The Morgan fingerprint density at radius 2 is 1.89 bits per heavy atom. The first-order valence-corrected chi connectivity index (χ1v) is 7.20. The van der Waals surface area contributed by atoms with E-state index >= 15 is 0 Å². The molecule has 19 heavy (non-hydrogen) atoms. The molecule has 0 saturated carbocycles. The van der Waals surface area contributed by atoms with E-state index in [1.807, 2.05) is 19.1 Å². The largest absolute Gasteiger partial charge is 0.382 e. The van der Waals surface area contributed by atoms with E-state index in [1.54, 1.807) is 12.1 Å². The Hall–Kier alpha value is -0.930. The highest BCUT2D eigenvalue weighted by atomic mass is 19.1. The van der Waals surface area contributed by atoms with Crippen molar-refractivity contribution >= 4 is 0 Å². The van der Waals surface area contributed by atoms with Crippen LogP contribution < -0.4 is 5.32 Å². The fraction of sp³-hybridized carbons (Fsp3) is 0.625. The summed E-state index contributed by atoms with van der Waals surface area (Å²) in [5.74, 6) is 0.247. The molecule has 1 atom stereocenters. The molecule has 1 rings (SSSR count). The second-order valence-corrected chi connectivity index (χ2v) is 5.15. The molecule has 2 nitrogen and oxygen atoms in total. The quantitative estimate of drug-likeness (QED) is 0.688. The number of rotatable bonds is 9. The van der Waals surface area contributed by atoms with Crippen molar-refractivity contribution in [2.45, 2.75) is 45.6 Å². The predicted molar refractivity (Wildman–Crippen MR) is 78.0 cm³/mol. The molecule has 1 N–H and O–H groups in total. The molecule has 0 spiro atoms. The maximum Gasteiger partial charge on any atom is 0.123 e. The first-order valence-electron chi connectivity index (χ1n) is 7.20. The van der Waals surface area contributed by atoms with Gasteiger partial charge in [-0.25, -0.2) is 4.39 Å². The van der Waals surface area contributed by atoms with Crippen molar-refractivity contribution in [1.29, 1.82) is 0 Å². The van der Waals surface area contributed by atoms with Crippen molar-refractivity contribution in [3.8, 4) is 0 Å². The van der Waals surface area contributed by atoms with Crippen LogP contribution in [0.1, 0.15) is 45.1 Å². The van der Waals surface area contributed by atoms with E-state index in [0.717, 1.165) is 32.6 Å². The molecular formula is C16H26FNO. The molecule has 108 valence electrons. The molecule has 0 aliphatic carbocycles. The maximum absolute atomic E-state index is 13.0. The minimum Gasteiger partial charge on any atom is -0.382 e. The van der Waals surface area contributed by atoms with Crippen LogP contribution in [0.4, 0.5) is 4.39 Å². The van der Waals surface area contributed by atoms with Gasteiger partial charge < -0.3 is 10.1 Å². The third kappa shape index (κ3) is 6.69. The van der Waals surface area contributed by atoms with Crippen molar-refractivity contribution in [3.05, 3.63) is 35.6 Å². The fourth-order valence-corrected chi connectivity index (χ4v) is 2.08. The highest BCUT2D eigenvalue weighted by Crippen LogP contribution is 2.21. The van der Waals surface area contributed by atoms with Crippen LogP contribution in [0.3, 0.4) is 0 Å². The molecule has 1 aromatic carbocycles. The lowest BCUT2D eigenvalue weighted by Gasteiger charge is -2.20. The van der Waals surface area contributed by atoms with Crippen LogP contribution in [0.2, 0.25) is 0 Å². The first-order chi connectivity index (χ1) is 9.13. The number of hydrogen-bond donors (Lipinski definition) is 1. The number of nitrogens with one attached hydrogen (secondary N) is 1. The van der Waals surface area contributed by atoms with Gasteiger partial charge in [0, 0.05) is 25.8 Å². The molecule has 0 bridgehead atoms. The van der Waals surface area contributed by atoms with Crippen LogP contribution in [-0.2, 0) is 4.74 Å². The molecule has 1 unspecified atom stereocenters. The zero-order chi connectivity index (χ0) is 14.1. The van der Waals surface area contributed by atoms with Crippen molar-refractivity contribution in [2.75, 3.05) is 19.8 Å². The van der Waals surface area contributed by atoms with Gasteiger partial charge >= 0.3 is 0 Å². The zero-order valence-electron chi connectivity index (χ0n) is 12.3. The third-order valence-corrected chi connectivity index (χ3v) is 3.16. The summed E-state index contributed by atoms with van der Waals surface area (Å²) in [5.41, 5.74) is 1.20. The SMILES string of the molecule is CCOCCCC(CNC(C)C)c1ccc(F)cc1. The number of halogens is 1. The molecule has 0 aromatic heterocycles. The molecular weight excluding hydrogens is 241 g/mol. The van der Waals surface area contributed by atoms with Gasteiger partial charge in [0.1, 0.15) is 5.82 Å². The van der Waals surface area contributed by atoms with Gasteiger partial charge in [-0.2, -0.15) is 0 Å². The van der Waals surface area contributed by atoms with Crippen LogP contribution in [0.15, 0.2) is 24.3 Å². The minimum atomic E-state index is -0.173. The van der Waals surface area contributed by atoms with E-state index in [1.165, 1.54) is 5.56 Å². The molecule has 0 radical (unpaired) electrons. The van der Waals surface area contributed by atoms with Gasteiger partial charge in [-0.1, -0.05) is 26.0 Å². The van der Waals surface area contributed by atoms with E-state index in [9.17, 15) is 4.39 Å².